The number of halogens is 1. The smallest absolute Gasteiger partial charge is 0.0503 e. The van der Waals surface area contributed by atoms with Crippen molar-refractivity contribution in [3.63, 3.8) is 0 Å². The highest BCUT2D eigenvalue weighted by Crippen LogP contribution is 2.37. The Labute approximate surface area is 167 Å². The fourth-order valence-electron chi connectivity index (χ4n) is 3.82. The van der Waals surface area contributed by atoms with Crippen molar-refractivity contribution < 1.29 is 0 Å². The van der Waals surface area contributed by atoms with Gasteiger partial charge in [-0.3, -0.25) is 0 Å². The van der Waals surface area contributed by atoms with E-state index < -0.39 is 0 Å². The van der Waals surface area contributed by atoms with Gasteiger partial charge in [-0.25, -0.2) is 0 Å². The summed E-state index contributed by atoms with van der Waals surface area (Å²) >= 11 is 2.40. The fraction of sp³-hybridized carbons (Fsp3) is 0.217. The number of unbranched alkanes of at least 4 members (excludes halogenated alkanes) is 1. The Morgan fingerprint density at radius 2 is 1.73 bits per heavy atom. The van der Waals surface area contributed by atoms with Crippen LogP contribution in [0.3, 0.4) is 0 Å². The third-order valence-corrected chi connectivity index (χ3v) is 5.83. The molecule has 3 aromatic carbocycles. The molecule has 0 bridgehead atoms. The highest BCUT2D eigenvalue weighted by molar-refractivity contribution is 14.1. The van der Waals surface area contributed by atoms with Crippen LogP contribution in [0.2, 0.25) is 0 Å². The van der Waals surface area contributed by atoms with Crippen LogP contribution in [-0.2, 0) is 6.42 Å². The third-order valence-electron chi connectivity index (χ3n) is 5.16. The second-order valence-electron chi connectivity index (χ2n) is 6.89. The first-order chi connectivity index (χ1) is 12.7. The van der Waals surface area contributed by atoms with E-state index in [0.29, 0.717) is 0 Å². The average Bonchev–Trinajstić information content (AvgIpc) is 3.00. The summed E-state index contributed by atoms with van der Waals surface area (Å²) in [4.78, 5) is 3.71. The number of hydrogen-bond acceptors (Lipinski definition) is 1. The van der Waals surface area contributed by atoms with Crippen LogP contribution in [0.5, 0.6) is 0 Å². The van der Waals surface area contributed by atoms with E-state index in [-0.39, 0.29) is 0 Å². The van der Waals surface area contributed by atoms with Crippen LogP contribution in [0.25, 0.3) is 32.9 Å². The van der Waals surface area contributed by atoms with Crippen molar-refractivity contribution in [2.45, 2.75) is 26.2 Å². The van der Waals surface area contributed by atoms with Gasteiger partial charge in [0.15, 0.2) is 0 Å². The van der Waals surface area contributed by atoms with Gasteiger partial charge in [-0.1, -0.05) is 36.4 Å². The summed E-state index contributed by atoms with van der Waals surface area (Å²) in [5.41, 5.74) is 12.2. The number of rotatable bonds is 5. The highest BCUT2D eigenvalue weighted by Gasteiger charge is 2.15. The lowest BCUT2D eigenvalue weighted by molar-refractivity contribution is 0.748. The second-order valence-corrected chi connectivity index (χ2v) is 8.14. The zero-order chi connectivity index (χ0) is 18.1. The standard InChI is InChI=1S/C23H23IN2/c1-15-9-11-20(18-7-3-2-6-17(15)18)23-19(8-4-5-13-25)21-14-16(24)10-12-22(21)26-23/h2-3,6-7,9-12,14,26H,4-5,8,13,25H2,1H3. The topological polar surface area (TPSA) is 41.8 Å². The molecule has 2 nitrogen and oxygen atoms in total. The van der Waals surface area contributed by atoms with Crippen molar-refractivity contribution in [3.8, 4) is 11.3 Å². The Hall–Kier alpha value is -1.85. The molecule has 1 heterocycles. The molecule has 26 heavy (non-hydrogen) atoms. The zero-order valence-corrected chi connectivity index (χ0v) is 17.1. The Morgan fingerprint density at radius 3 is 2.54 bits per heavy atom. The number of fused-ring (bicyclic) bond motifs is 2. The Morgan fingerprint density at radius 1 is 0.923 bits per heavy atom. The number of hydrogen-bond donors (Lipinski definition) is 2. The van der Waals surface area contributed by atoms with Gasteiger partial charge in [-0.15, -0.1) is 0 Å². The van der Waals surface area contributed by atoms with Crippen molar-refractivity contribution in [2.75, 3.05) is 6.54 Å². The molecule has 0 saturated heterocycles. The molecule has 1 aromatic heterocycles. The zero-order valence-electron chi connectivity index (χ0n) is 15.0. The number of aryl methyl sites for hydroxylation is 2. The maximum Gasteiger partial charge on any atom is 0.0503 e. The van der Waals surface area contributed by atoms with E-state index in [9.17, 15) is 0 Å². The molecular formula is C23H23IN2. The van der Waals surface area contributed by atoms with E-state index in [1.807, 2.05) is 0 Å². The second kappa shape index (κ2) is 7.41. The summed E-state index contributed by atoms with van der Waals surface area (Å²) in [5.74, 6) is 0. The van der Waals surface area contributed by atoms with Gasteiger partial charge in [0, 0.05) is 20.0 Å². The minimum atomic E-state index is 0.753. The summed E-state index contributed by atoms with van der Waals surface area (Å²) < 4.78 is 1.27. The van der Waals surface area contributed by atoms with Crippen molar-refractivity contribution >= 4 is 44.3 Å². The molecule has 0 atom stereocenters. The van der Waals surface area contributed by atoms with Crippen LogP contribution in [0, 0.1) is 10.5 Å². The molecule has 3 heteroatoms. The lowest BCUT2D eigenvalue weighted by atomic mass is 9.94. The van der Waals surface area contributed by atoms with Gasteiger partial charge in [0.25, 0.3) is 0 Å². The molecule has 0 fully saturated rings. The molecule has 0 aliphatic rings. The molecule has 0 aliphatic carbocycles. The van der Waals surface area contributed by atoms with Gasteiger partial charge in [0.05, 0.1) is 5.69 Å². The molecule has 0 amide bonds. The average molecular weight is 454 g/mol. The largest absolute Gasteiger partial charge is 0.354 e. The van der Waals surface area contributed by atoms with Crippen LogP contribution in [0.1, 0.15) is 24.0 Å². The van der Waals surface area contributed by atoms with Crippen molar-refractivity contribution in [1.29, 1.82) is 0 Å². The maximum absolute atomic E-state index is 5.74. The van der Waals surface area contributed by atoms with E-state index in [1.165, 1.54) is 47.6 Å². The monoisotopic (exact) mass is 454 g/mol. The molecular weight excluding hydrogens is 431 g/mol. The Kier molecular flexibility index (Phi) is 5.00. The van der Waals surface area contributed by atoms with Crippen LogP contribution in [-0.4, -0.2) is 11.5 Å². The predicted molar refractivity (Wildman–Crippen MR) is 121 cm³/mol. The third kappa shape index (κ3) is 3.14. The van der Waals surface area contributed by atoms with Gasteiger partial charge >= 0.3 is 0 Å². The Bertz CT molecular complexity index is 1080. The summed E-state index contributed by atoms with van der Waals surface area (Å²) in [6.07, 6.45) is 3.23. The van der Waals surface area contributed by atoms with Gasteiger partial charge in [-0.05, 0) is 95.4 Å². The van der Waals surface area contributed by atoms with Crippen LogP contribution in [0.15, 0.2) is 54.6 Å². The molecule has 0 aliphatic heterocycles. The molecule has 4 aromatic rings. The molecule has 0 saturated carbocycles. The molecule has 132 valence electrons. The number of nitrogens with one attached hydrogen (secondary N) is 1. The van der Waals surface area contributed by atoms with Crippen molar-refractivity contribution in [1.82, 2.24) is 4.98 Å². The van der Waals surface area contributed by atoms with Crippen LogP contribution in [0.4, 0.5) is 0 Å². The number of H-pyrrole nitrogens is 1. The molecule has 0 radical (unpaired) electrons. The van der Waals surface area contributed by atoms with Gasteiger partial charge < -0.3 is 10.7 Å². The molecule has 3 N–H and O–H groups in total. The van der Waals surface area contributed by atoms with Crippen LogP contribution >= 0.6 is 22.6 Å². The number of benzene rings is 3. The molecule has 4 rings (SSSR count). The van der Waals surface area contributed by atoms with E-state index in [4.69, 9.17) is 5.73 Å². The lowest BCUT2D eigenvalue weighted by Gasteiger charge is -2.11. The SMILES string of the molecule is Cc1ccc(-c2[nH]c3ccc(I)cc3c2CCCCN)c2ccccc12. The Balaban J connectivity index is 1.96. The van der Waals surface area contributed by atoms with Crippen LogP contribution < -0.4 is 5.73 Å². The summed E-state index contributed by atoms with van der Waals surface area (Å²) in [6, 6.07) is 19.9. The first-order valence-electron chi connectivity index (χ1n) is 9.18. The number of aromatic amines is 1. The predicted octanol–water partition coefficient (Wildman–Crippen LogP) is 6.18. The molecule has 0 spiro atoms. The van der Waals surface area contributed by atoms with Gasteiger partial charge in [0.1, 0.15) is 0 Å². The van der Waals surface area contributed by atoms with E-state index >= 15 is 0 Å². The summed E-state index contributed by atoms with van der Waals surface area (Å²) in [7, 11) is 0. The van der Waals surface area contributed by atoms with E-state index in [1.54, 1.807) is 0 Å². The van der Waals surface area contributed by atoms with Crippen molar-refractivity contribution in [2.24, 2.45) is 5.73 Å². The minimum absolute atomic E-state index is 0.753. The normalized spacial score (nSPS) is 11.5. The van der Waals surface area contributed by atoms with Crippen molar-refractivity contribution in [3.05, 3.63) is 69.3 Å². The first kappa shape index (κ1) is 17.6. The number of aromatic nitrogens is 1. The van der Waals surface area contributed by atoms with Gasteiger partial charge in [0.2, 0.25) is 0 Å². The minimum Gasteiger partial charge on any atom is -0.354 e. The highest BCUT2D eigenvalue weighted by atomic mass is 127. The molecule has 0 unspecified atom stereocenters. The van der Waals surface area contributed by atoms with E-state index in [2.05, 4.69) is 89.1 Å². The summed E-state index contributed by atoms with van der Waals surface area (Å²) in [6.45, 7) is 2.94. The maximum atomic E-state index is 5.74. The summed E-state index contributed by atoms with van der Waals surface area (Å²) in [5, 5.41) is 3.98. The lowest BCUT2D eigenvalue weighted by Crippen LogP contribution is -1.99. The first-order valence-corrected chi connectivity index (χ1v) is 10.3. The van der Waals surface area contributed by atoms with E-state index in [0.717, 1.165) is 25.8 Å². The quantitative estimate of drug-likeness (QED) is 0.274. The fourth-order valence-corrected chi connectivity index (χ4v) is 4.31. The van der Waals surface area contributed by atoms with Gasteiger partial charge in [-0.2, -0.15) is 0 Å². The number of nitrogens with two attached hydrogens (primary N) is 1.